The summed E-state index contributed by atoms with van der Waals surface area (Å²) in [4.78, 5) is 16.2. The van der Waals surface area contributed by atoms with Crippen molar-refractivity contribution in [3.05, 3.63) is 58.9 Å². The highest BCUT2D eigenvalue weighted by atomic mass is 35.5. The first kappa shape index (κ1) is 17.7. The van der Waals surface area contributed by atoms with E-state index in [4.69, 9.17) is 17.3 Å². The molecule has 134 valence electrons. The summed E-state index contributed by atoms with van der Waals surface area (Å²) in [7, 11) is 0. The lowest BCUT2D eigenvalue weighted by Crippen LogP contribution is -2.15. The number of anilines is 2. The average molecular weight is 382 g/mol. The topological polar surface area (TPSA) is 96.7 Å². The van der Waals surface area contributed by atoms with Crippen molar-refractivity contribution in [1.82, 2.24) is 15.2 Å². The Morgan fingerprint density at radius 1 is 1.19 bits per heavy atom. The zero-order valence-corrected chi connectivity index (χ0v) is 13.7. The quantitative estimate of drug-likeness (QED) is 0.639. The van der Waals surface area contributed by atoms with Crippen molar-refractivity contribution in [3.63, 3.8) is 0 Å². The monoisotopic (exact) mass is 381 g/mol. The summed E-state index contributed by atoms with van der Waals surface area (Å²) in [5, 5.41) is 8.41. The van der Waals surface area contributed by atoms with Crippen molar-refractivity contribution in [1.29, 1.82) is 0 Å². The van der Waals surface area contributed by atoms with Crippen LogP contribution in [0, 0.1) is 0 Å². The Balaban J connectivity index is 1.84. The van der Waals surface area contributed by atoms with Crippen LogP contribution in [0.1, 0.15) is 16.2 Å². The minimum Gasteiger partial charge on any atom is -0.383 e. The molecule has 0 radical (unpaired) electrons. The SMILES string of the molecule is Nc1nc(C(=O)Nc2ccccc2Cl)ccc1-c1cc(C(F)(F)F)[nH]n1. The van der Waals surface area contributed by atoms with Crippen molar-refractivity contribution in [2.75, 3.05) is 11.1 Å². The second-order valence-electron chi connectivity index (χ2n) is 5.23. The lowest BCUT2D eigenvalue weighted by Gasteiger charge is -2.08. The van der Waals surface area contributed by atoms with E-state index < -0.39 is 17.8 Å². The Morgan fingerprint density at radius 2 is 1.92 bits per heavy atom. The second-order valence-corrected chi connectivity index (χ2v) is 5.64. The molecule has 2 heterocycles. The van der Waals surface area contributed by atoms with Gasteiger partial charge in [-0.15, -0.1) is 0 Å². The Hall–Kier alpha value is -3.07. The highest BCUT2D eigenvalue weighted by Gasteiger charge is 2.33. The lowest BCUT2D eigenvalue weighted by molar-refractivity contribution is -0.141. The summed E-state index contributed by atoms with van der Waals surface area (Å²) in [6, 6.07) is 10.2. The van der Waals surface area contributed by atoms with Crippen LogP contribution in [0.25, 0.3) is 11.3 Å². The number of benzene rings is 1. The molecule has 3 rings (SSSR count). The molecule has 26 heavy (non-hydrogen) atoms. The van der Waals surface area contributed by atoms with Crippen LogP contribution in [0.5, 0.6) is 0 Å². The third kappa shape index (κ3) is 3.62. The predicted molar refractivity (Wildman–Crippen MR) is 90.6 cm³/mol. The fourth-order valence-corrected chi connectivity index (χ4v) is 2.35. The summed E-state index contributed by atoms with van der Waals surface area (Å²) >= 11 is 5.97. The highest BCUT2D eigenvalue weighted by Crippen LogP contribution is 2.31. The molecule has 0 fully saturated rings. The fourth-order valence-electron chi connectivity index (χ4n) is 2.17. The summed E-state index contributed by atoms with van der Waals surface area (Å²) < 4.78 is 37.9. The van der Waals surface area contributed by atoms with Crippen LogP contribution in [0.15, 0.2) is 42.5 Å². The van der Waals surface area contributed by atoms with Crippen LogP contribution in [0.3, 0.4) is 0 Å². The molecule has 0 saturated carbocycles. The molecule has 0 aliphatic carbocycles. The van der Waals surface area contributed by atoms with Gasteiger partial charge in [-0.05, 0) is 30.3 Å². The molecule has 2 aromatic heterocycles. The van der Waals surface area contributed by atoms with Gasteiger partial charge in [0.1, 0.15) is 17.2 Å². The van der Waals surface area contributed by atoms with Crippen molar-refractivity contribution >= 4 is 29.0 Å². The molecular weight excluding hydrogens is 371 g/mol. The van der Waals surface area contributed by atoms with Crippen LogP contribution in [0.4, 0.5) is 24.7 Å². The summed E-state index contributed by atoms with van der Waals surface area (Å²) in [5.74, 6) is -0.689. The molecule has 0 unspecified atom stereocenters. The number of nitrogens with one attached hydrogen (secondary N) is 2. The number of hydrogen-bond acceptors (Lipinski definition) is 4. The van der Waals surface area contributed by atoms with Crippen molar-refractivity contribution in [2.45, 2.75) is 6.18 Å². The zero-order valence-electron chi connectivity index (χ0n) is 12.9. The number of pyridine rings is 1. The number of halogens is 4. The maximum atomic E-state index is 12.6. The molecule has 6 nitrogen and oxygen atoms in total. The highest BCUT2D eigenvalue weighted by molar-refractivity contribution is 6.33. The summed E-state index contributed by atoms with van der Waals surface area (Å²) in [6.07, 6.45) is -4.55. The Morgan fingerprint density at radius 3 is 2.54 bits per heavy atom. The van der Waals surface area contributed by atoms with Gasteiger partial charge in [-0.25, -0.2) is 4.98 Å². The Kier molecular flexibility index (Phi) is 4.56. The van der Waals surface area contributed by atoms with Gasteiger partial charge < -0.3 is 11.1 Å². The number of rotatable bonds is 3. The van der Waals surface area contributed by atoms with Gasteiger partial charge in [-0.2, -0.15) is 18.3 Å². The minimum atomic E-state index is -4.55. The van der Waals surface area contributed by atoms with E-state index in [1.54, 1.807) is 24.3 Å². The lowest BCUT2D eigenvalue weighted by atomic mass is 10.1. The normalized spacial score (nSPS) is 11.4. The van der Waals surface area contributed by atoms with E-state index in [0.29, 0.717) is 10.7 Å². The van der Waals surface area contributed by atoms with Gasteiger partial charge >= 0.3 is 6.18 Å². The van der Waals surface area contributed by atoms with Crippen molar-refractivity contribution in [3.8, 4) is 11.3 Å². The average Bonchev–Trinajstić information content (AvgIpc) is 3.07. The molecule has 0 aliphatic heterocycles. The Bertz CT molecular complexity index is 971. The maximum absolute atomic E-state index is 12.6. The van der Waals surface area contributed by atoms with Gasteiger partial charge in [-0.1, -0.05) is 23.7 Å². The van der Waals surface area contributed by atoms with Crippen molar-refractivity contribution in [2.24, 2.45) is 0 Å². The third-order valence-corrected chi connectivity index (χ3v) is 3.77. The number of H-pyrrole nitrogens is 1. The molecule has 0 atom stereocenters. The van der Waals surface area contributed by atoms with Gasteiger partial charge in [0.25, 0.3) is 5.91 Å². The first-order valence-corrected chi connectivity index (χ1v) is 7.59. The Labute approximate surface area is 150 Å². The van der Waals surface area contributed by atoms with Gasteiger partial charge in [0.15, 0.2) is 0 Å². The second kappa shape index (κ2) is 6.68. The number of nitrogen functional groups attached to an aromatic ring is 1. The molecule has 3 aromatic rings. The summed E-state index contributed by atoms with van der Waals surface area (Å²) in [6.45, 7) is 0. The van der Waals surface area contributed by atoms with Crippen LogP contribution in [-0.4, -0.2) is 21.1 Å². The van der Waals surface area contributed by atoms with Gasteiger partial charge in [-0.3, -0.25) is 9.89 Å². The van der Waals surface area contributed by atoms with E-state index in [1.165, 1.54) is 12.1 Å². The van der Waals surface area contributed by atoms with Gasteiger partial charge in [0, 0.05) is 5.56 Å². The van der Waals surface area contributed by atoms with E-state index >= 15 is 0 Å². The summed E-state index contributed by atoms with van der Waals surface area (Å²) in [5.41, 5.74) is 5.30. The number of amides is 1. The van der Waals surface area contributed by atoms with E-state index in [0.717, 1.165) is 6.07 Å². The zero-order chi connectivity index (χ0) is 18.9. The van der Waals surface area contributed by atoms with E-state index in [2.05, 4.69) is 15.4 Å². The molecule has 4 N–H and O–H groups in total. The first-order chi connectivity index (χ1) is 12.3. The predicted octanol–water partition coefficient (Wildman–Crippen LogP) is 3.98. The first-order valence-electron chi connectivity index (χ1n) is 7.21. The number of nitrogens with zero attached hydrogens (tertiary/aromatic N) is 2. The number of carbonyl (C=O) groups is 1. The number of aromatic amines is 1. The van der Waals surface area contributed by atoms with Crippen LogP contribution >= 0.6 is 11.6 Å². The fraction of sp³-hybridized carbons (Fsp3) is 0.0625. The number of aromatic nitrogens is 3. The van der Waals surface area contributed by atoms with E-state index in [1.807, 2.05) is 5.10 Å². The maximum Gasteiger partial charge on any atom is 0.432 e. The molecule has 0 bridgehead atoms. The number of carbonyl (C=O) groups excluding carboxylic acids is 1. The molecule has 1 aromatic carbocycles. The van der Waals surface area contributed by atoms with Crippen LogP contribution in [-0.2, 0) is 6.18 Å². The number of hydrogen-bond donors (Lipinski definition) is 3. The van der Waals surface area contributed by atoms with Gasteiger partial charge in [0.05, 0.1) is 16.4 Å². The molecule has 0 saturated heterocycles. The number of para-hydroxylation sites is 1. The van der Waals surface area contributed by atoms with Gasteiger partial charge in [0.2, 0.25) is 0 Å². The number of alkyl halides is 3. The molecule has 0 aliphatic rings. The molecular formula is C16H11ClF3N5O. The van der Waals surface area contributed by atoms with Crippen molar-refractivity contribution < 1.29 is 18.0 Å². The molecule has 1 amide bonds. The minimum absolute atomic E-state index is 0.0160. The molecule has 0 spiro atoms. The van der Waals surface area contributed by atoms with Crippen LogP contribution < -0.4 is 11.1 Å². The third-order valence-electron chi connectivity index (χ3n) is 3.44. The number of nitrogens with two attached hydrogens (primary N) is 1. The molecule has 10 heteroatoms. The standard InChI is InChI=1S/C16H11ClF3N5O/c17-9-3-1-2-4-10(9)23-15(26)11-6-5-8(14(21)22-11)12-7-13(25-24-12)16(18,19)20/h1-7H,(H2,21,22)(H,23,26)(H,24,25). The van der Waals surface area contributed by atoms with E-state index in [9.17, 15) is 18.0 Å². The van der Waals surface area contributed by atoms with E-state index in [-0.39, 0.29) is 22.8 Å². The smallest absolute Gasteiger partial charge is 0.383 e. The van der Waals surface area contributed by atoms with Crippen LogP contribution in [0.2, 0.25) is 5.02 Å². The largest absolute Gasteiger partial charge is 0.432 e.